The van der Waals surface area contributed by atoms with Crippen molar-refractivity contribution in [2.75, 3.05) is 20.3 Å². The SMILES string of the molecule is CO[C@H]1[C@@H]2O[C@H]([C@@H]3C[C@H]3c3ccccc3)O[C@@H]2CO[C@]12COC(C)(C)O2. The van der Waals surface area contributed by atoms with E-state index in [-0.39, 0.29) is 24.6 Å². The summed E-state index contributed by atoms with van der Waals surface area (Å²) in [5, 5.41) is 0. The summed E-state index contributed by atoms with van der Waals surface area (Å²) in [6.07, 6.45) is 0.127. The lowest BCUT2D eigenvalue weighted by atomic mass is 9.97. The summed E-state index contributed by atoms with van der Waals surface area (Å²) in [6, 6.07) is 10.6. The predicted octanol–water partition coefficient (Wildman–Crippen LogP) is 2.42. The lowest BCUT2D eigenvalue weighted by Gasteiger charge is -2.43. The minimum atomic E-state index is -0.931. The molecular formula is C20H26O6. The molecule has 0 N–H and O–H groups in total. The monoisotopic (exact) mass is 362 g/mol. The molecule has 6 heteroatoms. The van der Waals surface area contributed by atoms with E-state index in [9.17, 15) is 0 Å². The van der Waals surface area contributed by atoms with Crippen LogP contribution in [0.5, 0.6) is 0 Å². The highest BCUT2D eigenvalue weighted by Gasteiger charge is 2.63. The molecule has 1 aromatic rings. The van der Waals surface area contributed by atoms with Crippen LogP contribution in [-0.2, 0) is 28.4 Å². The van der Waals surface area contributed by atoms with Gasteiger partial charge in [-0.1, -0.05) is 30.3 Å². The van der Waals surface area contributed by atoms with E-state index in [1.165, 1.54) is 5.56 Å². The fourth-order valence-electron chi connectivity index (χ4n) is 4.56. The summed E-state index contributed by atoms with van der Waals surface area (Å²) >= 11 is 0. The second-order valence-electron chi connectivity index (χ2n) is 8.13. The predicted molar refractivity (Wildman–Crippen MR) is 91.4 cm³/mol. The normalized spacial score (nSPS) is 46.4. The van der Waals surface area contributed by atoms with E-state index in [0.717, 1.165) is 6.42 Å². The van der Waals surface area contributed by atoms with Gasteiger partial charge in [0.25, 0.3) is 0 Å². The lowest BCUT2D eigenvalue weighted by Crippen LogP contribution is -2.62. The number of methoxy groups -OCH3 is 1. The molecule has 1 aliphatic carbocycles. The number of fused-ring (bicyclic) bond motifs is 1. The Morgan fingerprint density at radius 1 is 1.08 bits per heavy atom. The Morgan fingerprint density at radius 3 is 2.58 bits per heavy atom. The zero-order valence-electron chi connectivity index (χ0n) is 15.4. The molecule has 4 aliphatic rings. The molecule has 4 fully saturated rings. The second-order valence-corrected chi connectivity index (χ2v) is 8.13. The van der Waals surface area contributed by atoms with Gasteiger partial charge in [-0.15, -0.1) is 0 Å². The molecule has 0 radical (unpaired) electrons. The number of hydrogen-bond donors (Lipinski definition) is 0. The fraction of sp³-hybridized carbons (Fsp3) is 0.700. The maximum absolute atomic E-state index is 6.34. The average Bonchev–Trinajstić information content (AvgIpc) is 3.23. The molecule has 0 amide bonds. The number of ether oxygens (including phenoxy) is 6. The fourth-order valence-corrected chi connectivity index (χ4v) is 4.56. The lowest BCUT2D eigenvalue weighted by molar-refractivity contribution is -0.330. The van der Waals surface area contributed by atoms with Crippen LogP contribution in [0.4, 0.5) is 0 Å². The van der Waals surface area contributed by atoms with Crippen molar-refractivity contribution in [1.29, 1.82) is 0 Å². The Bertz CT molecular complexity index is 664. The molecule has 3 aliphatic heterocycles. The van der Waals surface area contributed by atoms with Crippen molar-refractivity contribution in [1.82, 2.24) is 0 Å². The van der Waals surface area contributed by atoms with E-state index in [1.807, 2.05) is 19.9 Å². The number of rotatable bonds is 3. The summed E-state index contributed by atoms with van der Waals surface area (Å²) in [6.45, 7) is 4.51. The van der Waals surface area contributed by atoms with Gasteiger partial charge in [0.05, 0.1) is 6.61 Å². The smallest absolute Gasteiger partial charge is 0.224 e. The van der Waals surface area contributed by atoms with Crippen LogP contribution in [-0.4, -0.2) is 56.5 Å². The van der Waals surface area contributed by atoms with Crippen LogP contribution in [0, 0.1) is 5.92 Å². The topological polar surface area (TPSA) is 55.4 Å². The van der Waals surface area contributed by atoms with E-state index in [4.69, 9.17) is 28.4 Å². The van der Waals surface area contributed by atoms with Crippen molar-refractivity contribution in [2.45, 2.75) is 62.4 Å². The molecule has 7 atom stereocenters. The van der Waals surface area contributed by atoms with Crippen molar-refractivity contribution >= 4 is 0 Å². The van der Waals surface area contributed by atoms with Crippen LogP contribution >= 0.6 is 0 Å². The molecule has 142 valence electrons. The summed E-state index contributed by atoms with van der Waals surface area (Å²) in [5.74, 6) is -0.742. The van der Waals surface area contributed by atoms with E-state index in [0.29, 0.717) is 25.0 Å². The summed E-state index contributed by atoms with van der Waals surface area (Å²) in [7, 11) is 1.66. The Labute approximate surface area is 153 Å². The highest BCUT2D eigenvalue weighted by atomic mass is 16.9. The van der Waals surface area contributed by atoms with E-state index >= 15 is 0 Å². The minimum absolute atomic E-state index is 0.139. The first-order chi connectivity index (χ1) is 12.5. The molecule has 3 saturated heterocycles. The Hall–Kier alpha value is -1.02. The van der Waals surface area contributed by atoms with Crippen molar-refractivity contribution in [3.8, 4) is 0 Å². The summed E-state index contributed by atoms with van der Waals surface area (Å²) in [4.78, 5) is 0. The molecule has 26 heavy (non-hydrogen) atoms. The van der Waals surface area contributed by atoms with E-state index in [2.05, 4.69) is 24.3 Å². The standard InChI is InChI=1S/C20H26O6/c1-19(2)23-11-20(26-19)17(21-3)16-15(10-22-20)24-18(25-16)14-9-13(14)12-7-5-4-6-8-12/h4-8,13-18H,9-11H2,1-3H3/t13-,14+,15+,16+,17-,18+,20-/m0/s1. The van der Waals surface area contributed by atoms with Crippen LogP contribution in [0.1, 0.15) is 31.7 Å². The zero-order valence-corrected chi connectivity index (χ0v) is 15.4. The second kappa shape index (κ2) is 5.99. The van der Waals surface area contributed by atoms with E-state index in [1.54, 1.807) is 7.11 Å². The largest absolute Gasteiger partial charge is 0.373 e. The van der Waals surface area contributed by atoms with Gasteiger partial charge < -0.3 is 28.4 Å². The van der Waals surface area contributed by atoms with Crippen molar-refractivity contribution in [3.63, 3.8) is 0 Å². The molecule has 1 spiro atoms. The first-order valence-corrected chi connectivity index (χ1v) is 9.38. The summed E-state index contributed by atoms with van der Waals surface area (Å²) in [5.41, 5.74) is 1.35. The van der Waals surface area contributed by atoms with Gasteiger partial charge in [0, 0.05) is 13.0 Å². The van der Waals surface area contributed by atoms with Gasteiger partial charge in [-0.3, -0.25) is 0 Å². The third kappa shape index (κ3) is 2.71. The van der Waals surface area contributed by atoms with Crippen LogP contribution in [0.2, 0.25) is 0 Å². The van der Waals surface area contributed by atoms with Crippen molar-refractivity contribution in [3.05, 3.63) is 35.9 Å². The van der Waals surface area contributed by atoms with Gasteiger partial charge in [-0.05, 0) is 31.7 Å². The molecular weight excluding hydrogens is 336 g/mol. The Balaban J connectivity index is 1.30. The first kappa shape index (κ1) is 17.1. The van der Waals surface area contributed by atoms with Crippen LogP contribution in [0.3, 0.4) is 0 Å². The maximum Gasteiger partial charge on any atom is 0.224 e. The molecule has 1 aromatic carbocycles. The minimum Gasteiger partial charge on any atom is -0.373 e. The number of benzene rings is 1. The van der Waals surface area contributed by atoms with Crippen molar-refractivity contribution in [2.24, 2.45) is 5.92 Å². The molecule has 0 aromatic heterocycles. The van der Waals surface area contributed by atoms with E-state index < -0.39 is 11.6 Å². The van der Waals surface area contributed by atoms with Gasteiger partial charge >= 0.3 is 0 Å². The van der Waals surface area contributed by atoms with Crippen LogP contribution < -0.4 is 0 Å². The molecule has 0 bridgehead atoms. The number of hydrogen-bond acceptors (Lipinski definition) is 6. The Kier molecular flexibility index (Phi) is 3.94. The zero-order chi connectivity index (χ0) is 17.9. The van der Waals surface area contributed by atoms with Gasteiger partial charge in [-0.25, -0.2) is 0 Å². The molecule has 6 nitrogen and oxygen atoms in total. The molecule has 3 heterocycles. The van der Waals surface area contributed by atoms with Gasteiger partial charge in [0.2, 0.25) is 5.79 Å². The molecule has 0 unspecified atom stereocenters. The van der Waals surface area contributed by atoms with Gasteiger partial charge in [-0.2, -0.15) is 0 Å². The average molecular weight is 362 g/mol. The van der Waals surface area contributed by atoms with Crippen LogP contribution in [0.25, 0.3) is 0 Å². The molecule has 5 rings (SSSR count). The first-order valence-electron chi connectivity index (χ1n) is 9.38. The third-order valence-corrected chi connectivity index (χ3v) is 5.90. The molecule has 1 saturated carbocycles. The third-order valence-electron chi connectivity index (χ3n) is 5.90. The maximum atomic E-state index is 6.34. The summed E-state index contributed by atoms with van der Waals surface area (Å²) < 4.78 is 36.2. The van der Waals surface area contributed by atoms with Crippen LogP contribution in [0.15, 0.2) is 30.3 Å². The highest BCUT2D eigenvalue weighted by molar-refractivity contribution is 5.26. The van der Waals surface area contributed by atoms with Gasteiger partial charge in [0.1, 0.15) is 24.9 Å². The Morgan fingerprint density at radius 2 is 1.88 bits per heavy atom. The van der Waals surface area contributed by atoms with Crippen molar-refractivity contribution < 1.29 is 28.4 Å². The van der Waals surface area contributed by atoms with Gasteiger partial charge in [0.15, 0.2) is 12.1 Å². The quantitative estimate of drug-likeness (QED) is 0.823. The highest BCUT2D eigenvalue weighted by Crippen LogP contribution is 2.54.